The standard InChI is InChI=1S/C41H56N4O3/c1-28-37-22-34(41(37,3)4)23-38(28)42-40(47)39-36(29(2)46)27-48-45(39)25-31-14-12-13-30(21-31)24-44(20-19-43(5)6)26-33-17-10-11-18-35(33)32-15-8-7-9-16-32/h7-18,21,28-29,34,36-39,46H,19-20,22-27H2,1-6H3,(H,42,47)/t28-,29-,34+,36-,37-,38-,39-/m0/s1. The van der Waals surface area contributed by atoms with E-state index >= 15 is 0 Å². The number of nitrogens with zero attached hydrogens (tertiary/aromatic N) is 3. The maximum absolute atomic E-state index is 13.9. The zero-order chi connectivity index (χ0) is 34.0. The van der Waals surface area contributed by atoms with E-state index in [0.29, 0.717) is 36.3 Å². The SMILES string of the molecule is C[C@@H]1[C@@H](NC(=O)[C@@H]2[C@H]([C@H](C)O)CON2Cc2cccc(CN(CCN(C)C)Cc3ccccc3-c3ccccc3)c2)C[C@H]2C[C@@H]1C2(C)C. The van der Waals surface area contributed by atoms with Crippen LogP contribution >= 0.6 is 0 Å². The lowest BCUT2D eigenvalue weighted by Crippen LogP contribution is -2.62. The molecule has 48 heavy (non-hydrogen) atoms. The summed E-state index contributed by atoms with van der Waals surface area (Å²) in [5.41, 5.74) is 6.52. The van der Waals surface area contributed by atoms with Gasteiger partial charge in [-0.2, -0.15) is 5.06 Å². The number of aliphatic hydroxyl groups is 1. The van der Waals surface area contributed by atoms with E-state index in [0.717, 1.165) is 38.2 Å². The molecule has 1 amide bonds. The number of hydrogen-bond acceptors (Lipinski definition) is 6. The third kappa shape index (κ3) is 7.56. The van der Waals surface area contributed by atoms with Gasteiger partial charge in [0, 0.05) is 38.1 Å². The zero-order valence-electron chi connectivity index (χ0n) is 29.8. The molecule has 0 aromatic heterocycles. The summed E-state index contributed by atoms with van der Waals surface area (Å²) in [5.74, 6) is 1.47. The number of rotatable bonds is 13. The van der Waals surface area contributed by atoms with E-state index in [1.54, 1.807) is 6.92 Å². The fraction of sp³-hybridized carbons (Fsp3) is 0.537. The molecular formula is C41H56N4O3. The number of fused-ring (bicyclic) bond motifs is 2. The Morgan fingerprint density at radius 3 is 2.42 bits per heavy atom. The second-order valence-electron chi connectivity index (χ2n) is 15.6. The monoisotopic (exact) mass is 652 g/mol. The Morgan fingerprint density at radius 1 is 0.979 bits per heavy atom. The first-order valence-electron chi connectivity index (χ1n) is 18.0. The first kappa shape index (κ1) is 34.8. The zero-order valence-corrected chi connectivity index (χ0v) is 29.8. The molecular weight excluding hydrogens is 596 g/mol. The Bertz CT molecular complexity index is 1520. The molecule has 3 aliphatic carbocycles. The molecule has 1 heterocycles. The second kappa shape index (κ2) is 14.8. The van der Waals surface area contributed by atoms with Gasteiger partial charge in [0.1, 0.15) is 6.04 Å². The average Bonchev–Trinajstić information content (AvgIpc) is 3.49. The van der Waals surface area contributed by atoms with Crippen molar-refractivity contribution in [2.75, 3.05) is 33.8 Å². The minimum atomic E-state index is -0.641. The van der Waals surface area contributed by atoms with Gasteiger partial charge in [0.05, 0.1) is 19.3 Å². The molecule has 3 aromatic rings. The Hall–Kier alpha value is -3.07. The van der Waals surface area contributed by atoms with E-state index in [1.165, 1.54) is 28.7 Å². The van der Waals surface area contributed by atoms with Gasteiger partial charge >= 0.3 is 0 Å². The molecule has 2 bridgehead atoms. The van der Waals surface area contributed by atoms with Crippen molar-refractivity contribution in [1.29, 1.82) is 0 Å². The number of likely N-dealkylation sites (N-methyl/N-ethyl adjacent to an activating group) is 1. The first-order valence-corrected chi connectivity index (χ1v) is 18.0. The van der Waals surface area contributed by atoms with Gasteiger partial charge in [-0.25, -0.2) is 0 Å². The van der Waals surface area contributed by atoms with Crippen LogP contribution in [0.25, 0.3) is 11.1 Å². The van der Waals surface area contributed by atoms with E-state index < -0.39 is 12.1 Å². The van der Waals surface area contributed by atoms with Gasteiger partial charge in [0.2, 0.25) is 5.91 Å². The molecule has 3 aromatic carbocycles. The van der Waals surface area contributed by atoms with Gasteiger partial charge in [0.25, 0.3) is 0 Å². The third-order valence-electron chi connectivity index (χ3n) is 11.8. The summed E-state index contributed by atoms with van der Waals surface area (Å²) in [7, 11) is 4.25. The van der Waals surface area contributed by atoms with E-state index in [4.69, 9.17) is 4.84 Å². The lowest BCUT2D eigenvalue weighted by atomic mass is 9.45. The molecule has 7 nitrogen and oxygen atoms in total. The number of aliphatic hydroxyl groups excluding tert-OH is 1. The highest BCUT2D eigenvalue weighted by atomic mass is 16.7. The highest BCUT2D eigenvalue weighted by Gasteiger charge is 2.57. The first-order chi connectivity index (χ1) is 23.0. The molecule has 258 valence electrons. The van der Waals surface area contributed by atoms with Crippen LogP contribution in [-0.4, -0.2) is 77.9 Å². The molecule has 1 saturated heterocycles. The van der Waals surface area contributed by atoms with Crippen molar-refractivity contribution in [3.8, 4) is 11.1 Å². The summed E-state index contributed by atoms with van der Waals surface area (Å²) in [6.07, 6.45) is 1.67. The van der Waals surface area contributed by atoms with E-state index in [9.17, 15) is 9.90 Å². The minimum absolute atomic E-state index is 0.0162. The van der Waals surface area contributed by atoms with Crippen LogP contribution in [0.15, 0.2) is 78.9 Å². The van der Waals surface area contributed by atoms with Crippen molar-refractivity contribution < 1.29 is 14.7 Å². The van der Waals surface area contributed by atoms with Gasteiger partial charge in [-0.1, -0.05) is 99.6 Å². The van der Waals surface area contributed by atoms with Crippen LogP contribution < -0.4 is 5.32 Å². The smallest absolute Gasteiger partial charge is 0.240 e. The fourth-order valence-electron chi connectivity index (χ4n) is 8.67. The van der Waals surface area contributed by atoms with E-state index in [-0.39, 0.29) is 17.9 Å². The van der Waals surface area contributed by atoms with E-state index in [1.807, 2.05) is 5.06 Å². The summed E-state index contributed by atoms with van der Waals surface area (Å²) in [5, 5.41) is 15.9. The van der Waals surface area contributed by atoms with Gasteiger partial charge in [0.15, 0.2) is 0 Å². The molecule has 1 aliphatic heterocycles. The molecule has 0 radical (unpaired) electrons. The number of hydroxylamine groups is 2. The number of hydrogen-bond donors (Lipinski definition) is 2. The van der Waals surface area contributed by atoms with Crippen molar-refractivity contribution in [3.05, 3.63) is 95.6 Å². The maximum Gasteiger partial charge on any atom is 0.240 e. The Balaban J connectivity index is 1.16. The van der Waals surface area contributed by atoms with Crippen LogP contribution in [0.5, 0.6) is 0 Å². The third-order valence-corrected chi connectivity index (χ3v) is 11.8. The highest BCUT2D eigenvalue weighted by Crippen LogP contribution is 2.61. The average molecular weight is 653 g/mol. The van der Waals surface area contributed by atoms with Gasteiger partial charge in [-0.15, -0.1) is 0 Å². The molecule has 7 heteroatoms. The second-order valence-corrected chi connectivity index (χ2v) is 15.6. The summed E-state index contributed by atoms with van der Waals surface area (Å²) >= 11 is 0. The van der Waals surface area contributed by atoms with Crippen molar-refractivity contribution >= 4 is 5.91 Å². The van der Waals surface area contributed by atoms with Gasteiger partial charge < -0.3 is 15.3 Å². The molecule has 7 atom stereocenters. The van der Waals surface area contributed by atoms with E-state index in [2.05, 4.69) is 129 Å². The van der Waals surface area contributed by atoms with Crippen molar-refractivity contribution in [3.63, 3.8) is 0 Å². The number of nitrogens with one attached hydrogen (secondary N) is 1. The van der Waals surface area contributed by atoms with Crippen LogP contribution in [0, 0.1) is 29.1 Å². The van der Waals surface area contributed by atoms with Crippen molar-refractivity contribution in [1.82, 2.24) is 20.2 Å². The molecule has 4 fully saturated rings. The Kier molecular flexibility index (Phi) is 10.7. The lowest BCUT2D eigenvalue weighted by Gasteiger charge is -2.62. The summed E-state index contributed by atoms with van der Waals surface area (Å²) < 4.78 is 0. The summed E-state index contributed by atoms with van der Waals surface area (Å²) in [6, 6.07) is 27.7. The quantitative estimate of drug-likeness (QED) is 0.229. The fourth-order valence-corrected chi connectivity index (χ4v) is 8.67. The molecule has 7 rings (SSSR count). The number of carbonyl (C=O) groups is 1. The molecule has 0 unspecified atom stereocenters. The number of carbonyl (C=O) groups excluding carboxylic acids is 1. The highest BCUT2D eigenvalue weighted by molar-refractivity contribution is 5.82. The molecule has 3 saturated carbocycles. The topological polar surface area (TPSA) is 68.3 Å². The normalized spacial score (nSPS) is 27.2. The van der Waals surface area contributed by atoms with Crippen LogP contribution in [0.2, 0.25) is 0 Å². The number of benzene rings is 3. The van der Waals surface area contributed by atoms with Crippen molar-refractivity contribution in [2.24, 2.45) is 29.1 Å². The minimum Gasteiger partial charge on any atom is -0.393 e. The van der Waals surface area contributed by atoms with Gasteiger partial charge in [-0.3, -0.25) is 14.5 Å². The van der Waals surface area contributed by atoms with Gasteiger partial charge in [-0.05, 0) is 84.8 Å². The van der Waals surface area contributed by atoms with Crippen LogP contribution in [0.3, 0.4) is 0 Å². The Labute approximate surface area is 288 Å². The van der Waals surface area contributed by atoms with Crippen LogP contribution in [0.1, 0.15) is 57.2 Å². The summed E-state index contributed by atoms with van der Waals surface area (Å²) in [6.45, 7) is 13.2. The van der Waals surface area contributed by atoms with Crippen molar-refractivity contribution in [2.45, 2.75) is 78.4 Å². The predicted octanol–water partition coefficient (Wildman–Crippen LogP) is 6.22. The summed E-state index contributed by atoms with van der Waals surface area (Å²) in [4.78, 5) is 24.9. The Morgan fingerprint density at radius 2 is 1.71 bits per heavy atom. The molecule has 2 N–H and O–H groups in total. The number of amides is 1. The lowest BCUT2D eigenvalue weighted by molar-refractivity contribution is -0.161. The molecule has 0 spiro atoms. The largest absolute Gasteiger partial charge is 0.393 e. The maximum atomic E-state index is 13.9. The van der Waals surface area contributed by atoms with Crippen LogP contribution in [-0.2, 0) is 29.3 Å². The van der Waals surface area contributed by atoms with Crippen LogP contribution in [0.4, 0.5) is 0 Å². The molecule has 4 aliphatic rings. The predicted molar refractivity (Wildman–Crippen MR) is 193 cm³/mol.